The molecule has 162 valence electrons. The van der Waals surface area contributed by atoms with E-state index in [0.29, 0.717) is 23.6 Å². The Morgan fingerprint density at radius 3 is 2.69 bits per heavy atom. The molecule has 4 aromatic rings. The van der Waals surface area contributed by atoms with Gasteiger partial charge < -0.3 is 10.5 Å². The van der Waals surface area contributed by atoms with E-state index in [4.69, 9.17) is 10.5 Å². The smallest absolute Gasteiger partial charge is 0.294 e. The first-order chi connectivity index (χ1) is 15.7. The van der Waals surface area contributed by atoms with E-state index in [-0.39, 0.29) is 17.3 Å². The fraction of sp³-hybridized carbons (Fsp3) is 0.150. The molecule has 3 aromatic heterocycles. The molecular formula is C20H19N9O3. The van der Waals surface area contributed by atoms with E-state index in [1.807, 2.05) is 6.92 Å². The summed E-state index contributed by atoms with van der Waals surface area (Å²) >= 11 is 0. The molecule has 0 spiro atoms. The number of rotatable bonds is 8. The first-order valence-electron chi connectivity index (χ1n) is 9.68. The highest BCUT2D eigenvalue weighted by Gasteiger charge is 2.25. The fourth-order valence-electron chi connectivity index (χ4n) is 2.78. The van der Waals surface area contributed by atoms with Crippen LogP contribution < -0.4 is 15.9 Å². The number of hydrogen-bond donors (Lipinski definition) is 2. The number of benzene rings is 1. The highest BCUT2D eigenvalue weighted by molar-refractivity contribution is 5.98. The van der Waals surface area contributed by atoms with Crippen LogP contribution in [-0.4, -0.2) is 49.0 Å². The van der Waals surface area contributed by atoms with Crippen molar-refractivity contribution in [1.82, 2.24) is 35.7 Å². The predicted molar refractivity (Wildman–Crippen MR) is 114 cm³/mol. The average Bonchev–Trinajstić information content (AvgIpc) is 3.44. The Kier molecular flexibility index (Phi) is 6.11. The van der Waals surface area contributed by atoms with Gasteiger partial charge in [-0.1, -0.05) is 12.1 Å². The van der Waals surface area contributed by atoms with Gasteiger partial charge in [-0.05, 0) is 58.7 Å². The zero-order chi connectivity index (χ0) is 22.3. The third-order valence-corrected chi connectivity index (χ3v) is 4.27. The van der Waals surface area contributed by atoms with Crippen LogP contribution in [0.15, 0.2) is 58.5 Å². The Morgan fingerprint density at radius 1 is 1.22 bits per heavy atom. The molecule has 12 nitrogen and oxygen atoms in total. The number of aromatic nitrogens is 6. The Morgan fingerprint density at radius 2 is 2.00 bits per heavy atom. The van der Waals surface area contributed by atoms with Gasteiger partial charge in [-0.25, -0.2) is 10.1 Å². The third-order valence-electron chi connectivity index (χ3n) is 4.27. The SMILES string of the molecule is CCCOc1ccc(-c2c(C(=O)NN=Cc3ccncc3)nnn2-c2nonc2N)cc1. The lowest BCUT2D eigenvalue weighted by Gasteiger charge is -2.08. The van der Waals surface area contributed by atoms with Crippen molar-refractivity contribution in [1.29, 1.82) is 0 Å². The van der Waals surface area contributed by atoms with Gasteiger partial charge in [0.1, 0.15) is 11.4 Å². The molecular weight excluding hydrogens is 414 g/mol. The maximum Gasteiger partial charge on any atom is 0.294 e. The van der Waals surface area contributed by atoms with Gasteiger partial charge in [0.2, 0.25) is 11.6 Å². The Balaban J connectivity index is 1.66. The molecule has 0 radical (unpaired) electrons. The number of amides is 1. The summed E-state index contributed by atoms with van der Waals surface area (Å²) in [4.78, 5) is 16.8. The number of carbonyl (C=O) groups excluding carboxylic acids is 1. The second-order valence-electron chi connectivity index (χ2n) is 6.52. The highest BCUT2D eigenvalue weighted by atomic mass is 16.6. The van der Waals surface area contributed by atoms with Crippen LogP contribution in [0.25, 0.3) is 17.1 Å². The fourth-order valence-corrected chi connectivity index (χ4v) is 2.78. The van der Waals surface area contributed by atoms with Crippen LogP contribution in [0, 0.1) is 0 Å². The van der Waals surface area contributed by atoms with Gasteiger partial charge in [-0.15, -0.1) is 5.10 Å². The molecule has 0 unspecified atom stereocenters. The number of carbonyl (C=O) groups is 1. The number of nitrogens with two attached hydrogens (primary N) is 1. The molecule has 32 heavy (non-hydrogen) atoms. The van der Waals surface area contributed by atoms with Crippen molar-refractivity contribution in [2.24, 2.45) is 5.10 Å². The van der Waals surface area contributed by atoms with Crippen LogP contribution in [0.5, 0.6) is 5.75 Å². The van der Waals surface area contributed by atoms with Crippen LogP contribution in [0.1, 0.15) is 29.4 Å². The summed E-state index contributed by atoms with van der Waals surface area (Å²) < 4.78 is 11.6. The number of hydrogen-bond acceptors (Lipinski definition) is 10. The molecule has 0 atom stereocenters. The van der Waals surface area contributed by atoms with Gasteiger partial charge in [-0.2, -0.15) is 9.78 Å². The van der Waals surface area contributed by atoms with Gasteiger partial charge in [0.25, 0.3) is 5.91 Å². The van der Waals surface area contributed by atoms with Crippen LogP contribution in [-0.2, 0) is 0 Å². The van der Waals surface area contributed by atoms with Crippen LogP contribution in [0.3, 0.4) is 0 Å². The zero-order valence-corrected chi connectivity index (χ0v) is 17.0. The zero-order valence-electron chi connectivity index (χ0n) is 17.0. The Hall–Kier alpha value is -4.61. The molecule has 1 amide bonds. The summed E-state index contributed by atoms with van der Waals surface area (Å²) in [7, 11) is 0. The van der Waals surface area contributed by atoms with Gasteiger partial charge in [0.15, 0.2) is 5.69 Å². The minimum absolute atomic E-state index is 0.00159. The number of pyridine rings is 1. The summed E-state index contributed by atoms with van der Waals surface area (Å²) in [6.45, 7) is 2.63. The standard InChI is InChI=1S/C20H19N9O3/c1-2-11-31-15-5-3-14(4-6-15)17-16(24-28-29(17)19-18(21)26-32-27-19)20(30)25-23-12-13-7-9-22-10-8-13/h3-10,12H,2,11H2,1H3,(H2,21,26)(H,25,30). The van der Waals surface area contributed by atoms with E-state index < -0.39 is 5.91 Å². The molecule has 0 saturated heterocycles. The van der Waals surface area contributed by atoms with E-state index in [0.717, 1.165) is 12.0 Å². The maximum absolute atomic E-state index is 12.8. The van der Waals surface area contributed by atoms with E-state index >= 15 is 0 Å². The molecule has 3 heterocycles. The summed E-state index contributed by atoms with van der Waals surface area (Å²) in [5.74, 6) is 0.239. The monoisotopic (exact) mass is 433 g/mol. The molecule has 0 fully saturated rings. The summed E-state index contributed by atoms with van der Waals surface area (Å²) in [5.41, 5.74) is 10.0. The maximum atomic E-state index is 12.8. The molecule has 0 saturated carbocycles. The highest BCUT2D eigenvalue weighted by Crippen LogP contribution is 2.28. The van der Waals surface area contributed by atoms with Gasteiger partial charge >= 0.3 is 0 Å². The second-order valence-corrected chi connectivity index (χ2v) is 6.52. The van der Waals surface area contributed by atoms with Crippen LogP contribution >= 0.6 is 0 Å². The van der Waals surface area contributed by atoms with Crippen molar-refractivity contribution in [3.8, 4) is 22.8 Å². The molecule has 12 heteroatoms. The Labute approximate surface area is 182 Å². The summed E-state index contributed by atoms with van der Waals surface area (Å²) in [6, 6.07) is 10.6. The van der Waals surface area contributed by atoms with Crippen molar-refractivity contribution >= 4 is 17.9 Å². The number of anilines is 1. The van der Waals surface area contributed by atoms with E-state index in [1.54, 1.807) is 48.8 Å². The van der Waals surface area contributed by atoms with E-state index in [9.17, 15) is 4.79 Å². The normalized spacial score (nSPS) is 11.0. The lowest BCUT2D eigenvalue weighted by molar-refractivity contribution is 0.0950. The summed E-state index contributed by atoms with van der Waals surface area (Å²) in [5, 5.41) is 19.3. The molecule has 1 aromatic carbocycles. The van der Waals surface area contributed by atoms with Crippen molar-refractivity contribution in [3.05, 3.63) is 60.0 Å². The van der Waals surface area contributed by atoms with Crippen molar-refractivity contribution in [2.45, 2.75) is 13.3 Å². The number of ether oxygens (including phenoxy) is 1. The number of nitrogens with zero attached hydrogens (tertiary/aromatic N) is 7. The second kappa shape index (κ2) is 9.47. The average molecular weight is 433 g/mol. The third kappa shape index (κ3) is 4.43. The van der Waals surface area contributed by atoms with Gasteiger partial charge in [0, 0.05) is 18.0 Å². The first kappa shape index (κ1) is 20.7. The summed E-state index contributed by atoms with van der Waals surface area (Å²) in [6.07, 6.45) is 5.62. The van der Waals surface area contributed by atoms with E-state index in [2.05, 4.69) is 40.8 Å². The molecule has 3 N–H and O–H groups in total. The lowest BCUT2D eigenvalue weighted by Crippen LogP contribution is -2.19. The lowest BCUT2D eigenvalue weighted by atomic mass is 10.1. The van der Waals surface area contributed by atoms with Gasteiger partial charge in [-0.3, -0.25) is 9.78 Å². The molecule has 0 aliphatic rings. The van der Waals surface area contributed by atoms with E-state index in [1.165, 1.54) is 10.9 Å². The van der Waals surface area contributed by atoms with Crippen LogP contribution in [0.4, 0.5) is 5.82 Å². The number of nitrogens with one attached hydrogen (secondary N) is 1. The Bertz CT molecular complexity index is 1220. The predicted octanol–water partition coefficient (Wildman–Crippen LogP) is 1.85. The minimum atomic E-state index is -0.571. The molecule has 0 aliphatic heterocycles. The largest absolute Gasteiger partial charge is 0.494 e. The molecule has 0 bridgehead atoms. The molecule has 4 rings (SSSR count). The van der Waals surface area contributed by atoms with Crippen LogP contribution in [0.2, 0.25) is 0 Å². The molecule has 0 aliphatic carbocycles. The van der Waals surface area contributed by atoms with Crippen molar-refractivity contribution in [3.63, 3.8) is 0 Å². The number of nitrogen functional groups attached to an aromatic ring is 1. The van der Waals surface area contributed by atoms with Gasteiger partial charge in [0.05, 0.1) is 12.8 Å². The van der Waals surface area contributed by atoms with Crippen molar-refractivity contribution < 1.29 is 14.2 Å². The first-order valence-corrected chi connectivity index (χ1v) is 9.68. The quantitative estimate of drug-likeness (QED) is 0.312. The van der Waals surface area contributed by atoms with Crippen molar-refractivity contribution in [2.75, 3.05) is 12.3 Å². The number of hydrazone groups is 1. The minimum Gasteiger partial charge on any atom is -0.494 e. The topological polar surface area (TPSA) is 159 Å².